The molecule has 1 N–H and O–H groups in total. The van der Waals surface area contributed by atoms with Crippen LogP contribution in [0.5, 0.6) is 11.5 Å². The second-order valence-corrected chi connectivity index (χ2v) is 5.19. The van der Waals surface area contributed by atoms with E-state index in [9.17, 15) is 14.7 Å². The third kappa shape index (κ3) is 2.52. The molecule has 6 nitrogen and oxygen atoms in total. The van der Waals surface area contributed by atoms with Crippen LogP contribution in [0.4, 0.5) is 0 Å². The maximum atomic E-state index is 12.1. The lowest BCUT2D eigenvalue weighted by Gasteiger charge is -2.28. The Bertz CT molecular complexity index is 648. The van der Waals surface area contributed by atoms with Crippen LogP contribution in [0.3, 0.4) is 0 Å². The van der Waals surface area contributed by atoms with E-state index in [0.29, 0.717) is 11.5 Å². The van der Waals surface area contributed by atoms with Gasteiger partial charge in [-0.25, -0.2) is 0 Å². The molecule has 0 saturated heterocycles. The zero-order chi connectivity index (χ0) is 15.7. The van der Waals surface area contributed by atoms with Crippen LogP contribution in [0.2, 0.25) is 0 Å². The monoisotopic (exact) mass is 304 g/mol. The average molecular weight is 304 g/mol. The van der Waals surface area contributed by atoms with E-state index in [-0.39, 0.29) is 31.4 Å². The van der Waals surface area contributed by atoms with Gasteiger partial charge < -0.3 is 19.3 Å². The van der Waals surface area contributed by atoms with Gasteiger partial charge in [0, 0.05) is 18.4 Å². The predicted octanol–water partition coefficient (Wildman–Crippen LogP) is 2.09. The number of ketones is 1. The Morgan fingerprint density at radius 3 is 2.91 bits per heavy atom. The predicted molar refractivity (Wildman–Crippen MR) is 75.8 cm³/mol. The molecule has 1 aliphatic carbocycles. The molecule has 1 aromatic carbocycles. The highest BCUT2D eigenvalue weighted by atomic mass is 16.7. The number of carbonyl (C=O) groups is 2. The molecule has 3 rings (SSSR count). The van der Waals surface area contributed by atoms with Gasteiger partial charge >= 0.3 is 5.97 Å². The lowest BCUT2D eigenvalue weighted by atomic mass is 9.77. The largest absolute Gasteiger partial charge is 0.511 e. The first-order chi connectivity index (χ1) is 10.6. The highest BCUT2D eigenvalue weighted by molar-refractivity contribution is 5.94. The lowest BCUT2D eigenvalue weighted by Crippen LogP contribution is -2.31. The number of carbonyl (C=O) groups excluding carboxylic acids is 2. The molecular weight excluding hydrogens is 288 g/mol. The number of benzene rings is 1. The molecule has 0 radical (unpaired) electrons. The average Bonchev–Trinajstić information content (AvgIpc) is 2.93. The number of fused-ring (bicyclic) bond motifs is 1. The molecule has 116 valence electrons. The first-order valence-corrected chi connectivity index (χ1v) is 7.09. The second kappa shape index (κ2) is 5.71. The zero-order valence-electron chi connectivity index (χ0n) is 12.1. The minimum Gasteiger partial charge on any atom is -0.511 e. The molecule has 2 aliphatic rings. The zero-order valence-corrected chi connectivity index (χ0v) is 12.1. The smallest absolute Gasteiger partial charge is 0.317 e. The van der Waals surface area contributed by atoms with Crippen LogP contribution in [0, 0.1) is 5.92 Å². The first-order valence-electron chi connectivity index (χ1n) is 7.09. The Kier molecular flexibility index (Phi) is 3.75. The molecule has 2 unspecified atom stereocenters. The first kappa shape index (κ1) is 14.4. The molecule has 6 heteroatoms. The van der Waals surface area contributed by atoms with Gasteiger partial charge in [-0.3, -0.25) is 9.59 Å². The number of esters is 1. The van der Waals surface area contributed by atoms with Crippen LogP contribution in [0.25, 0.3) is 0 Å². The number of hydrogen-bond acceptors (Lipinski definition) is 6. The number of aliphatic hydroxyl groups excluding tert-OH is 1. The van der Waals surface area contributed by atoms with Gasteiger partial charge in [-0.2, -0.15) is 0 Å². The summed E-state index contributed by atoms with van der Waals surface area (Å²) in [7, 11) is 0. The summed E-state index contributed by atoms with van der Waals surface area (Å²) in [5.41, 5.74) is 0.732. The molecule has 0 bridgehead atoms. The molecule has 22 heavy (non-hydrogen) atoms. The summed E-state index contributed by atoms with van der Waals surface area (Å²) >= 11 is 0. The standard InChI is InChI=1S/C16H16O6/c1-2-20-16(19)15-11(6-10(17)7-12(15)18)9-3-4-13-14(5-9)22-8-21-13/h3-5,7,11,15,18H,2,6,8H2,1H3. The number of rotatable bonds is 3. The molecule has 1 heterocycles. The van der Waals surface area contributed by atoms with Crippen molar-refractivity contribution in [1.82, 2.24) is 0 Å². The fourth-order valence-corrected chi connectivity index (χ4v) is 2.83. The number of ether oxygens (including phenoxy) is 3. The minimum atomic E-state index is -0.877. The molecule has 0 amide bonds. The Hall–Kier alpha value is -2.50. The highest BCUT2D eigenvalue weighted by Crippen LogP contribution is 2.41. The molecule has 2 atom stereocenters. The summed E-state index contributed by atoms with van der Waals surface area (Å²) in [5.74, 6) is -1.17. The number of aliphatic hydroxyl groups is 1. The van der Waals surface area contributed by atoms with Gasteiger partial charge in [0.25, 0.3) is 0 Å². The minimum absolute atomic E-state index is 0.132. The van der Waals surface area contributed by atoms with Crippen molar-refractivity contribution in [3.05, 3.63) is 35.6 Å². The normalized spacial score (nSPS) is 23.1. The van der Waals surface area contributed by atoms with E-state index in [1.807, 2.05) is 0 Å². The van der Waals surface area contributed by atoms with E-state index in [0.717, 1.165) is 11.6 Å². The van der Waals surface area contributed by atoms with Gasteiger partial charge in [-0.1, -0.05) is 6.07 Å². The second-order valence-electron chi connectivity index (χ2n) is 5.19. The van der Waals surface area contributed by atoms with Gasteiger partial charge in [-0.15, -0.1) is 0 Å². The summed E-state index contributed by atoms with van der Waals surface area (Å²) in [6.07, 6.45) is 1.23. The Morgan fingerprint density at radius 2 is 2.14 bits per heavy atom. The van der Waals surface area contributed by atoms with E-state index >= 15 is 0 Å². The van der Waals surface area contributed by atoms with E-state index in [1.165, 1.54) is 0 Å². The van der Waals surface area contributed by atoms with Crippen LogP contribution in [0.15, 0.2) is 30.0 Å². The van der Waals surface area contributed by atoms with Crippen LogP contribution in [-0.4, -0.2) is 30.3 Å². The third-order valence-corrected chi connectivity index (χ3v) is 3.82. The Morgan fingerprint density at radius 1 is 1.36 bits per heavy atom. The molecular formula is C16H16O6. The molecule has 0 saturated carbocycles. The summed E-state index contributed by atoms with van der Waals surface area (Å²) in [5, 5.41) is 10.0. The van der Waals surface area contributed by atoms with Crippen molar-refractivity contribution >= 4 is 11.8 Å². The van der Waals surface area contributed by atoms with Crippen molar-refractivity contribution in [3.8, 4) is 11.5 Å². The van der Waals surface area contributed by atoms with Crippen LogP contribution < -0.4 is 9.47 Å². The van der Waals surface area contributed by atoms with E-state index in [1.54, 1.807) is 25.1 Å². The maximum Gasteiger partial charge on any atom is 0.317 e. The molecule has 0 aromatic heterocycles. The summed E-state index contributed by atoms with van der Waals surface area (Å²) in [4.78, 5) is 23.9. The third-order valence-electron chi connectivity index (χ3n) is 3.82. The van der Waals surface area contributed by atoms with Crippen molar-refractivity contribution in [1.29, 1.82) is 0 Å². The fourth-order valence-electron chi connectivity index (χ4n) is 2.83. The van der Waals surface area contributed by atoms with E-state index in [2.05, 4.69) is 0 Å². The molecule has 1 aromatic rings. The number of hydrogen-bond donors (Lipinski definition) is 1. The van der Waals surface area contributed by atoms with Crippen molar-refractivity contribution in [3.63, 3.8) is 0 Å². The van der Waals surface area contributed by atoms with Crippen LogP contribution in [0.1, 0.15) is 24.8 Å². The summed E-state index contributed by atoms with van der Waals surface area (Å²) < 4.78 is 15.6. The quantitative estimate of drug-likeness (QED) is 0.861. The molecule has 0 fully saturated rings. The van der Waals surface area contributed by atoms with E-state index in [4.69, 9.17) is 14.2 Å². The van der Waals surface area contributed by atoms with Crippen molar-refractivity contribution in [2.24, 2.45) is 5.92 Å². The van der Waals surface area contributed by atoms with Gasteiger partial charge in [0.2, 0.25) is 6.79 Å². The number of allylic oxidation sites excluding steroid dienone is 1. The molecule has 1 aliphatic heterocycles. The highest BCUT2D eigenvalue weighted by Gasteiger charge is 2.39. The Balaban J connectivity index is 1.97. The summed E-state index contributed by atoms with van der Waals surface area (Å²) in [6, 6.07) is 5.25. The topological polar surface area (TPSA) is 82.1 Å². The molecule has 0 spiro atoms. The van der Waals surface area contributed by atoms with Crippen LogP contribution >= 0.6 is 0 Å². The van der Waals surface area contributed by atoms with Gasteiger partial charge in [0.15, 0.2) is 17.3 Å². The SMILES string of the molecule is CCOC(=O)C1C(O)=CC(=O)CC1c1ccc2c(c1)OCO2. The lowest BCUT2D eigenvalue weighted by molar-refractivity contribution is -0.148. The summed E-state index contributed by atoms with van der Waals surface area (Å²) in [6.45, 7) is 2.06. The Labute approximate surface area is 127 Å². The van der Waals surface area contributed by atoms with E-state index < -0.39 is 17.8 Å². The maximum absolute atomic E-state index is 12.1. The van der Waals surface area contributed by atoms with Crippen molar-refractivity contribution in [2.45, 2.75) is 19.3 Å². The fraction of sp³-hybridized carbons (Fsp3) is 0.375. The van der Waals surface area contributed by atoms with Crippen LogP contribution in [-0.2, 0) is 14.3 Å². The van der Waals surface area contributed by atoms with Crippen molar-refractivity contribution in [2.75, 3.05) is 13.4 Å². The van der Waals surface area contributed by atoms with Gasteiger partial charge in [0.1, 0.15) is 11.7 Å². The van der Waals surface area contributed by atoms with Crippen molar-refractivity contribution < 1.29 is 28.9 Å². The van der Waals surface area contributed by atoms with Gasteiger partial charge in [-0.05, 0) is 24.6 Å². The van der Waals surface area contributed by atoms with Gasteiger partial charge in [0.05, 0.1) is 6.61 Å².